The maximum Gasteiger partial charge on any atom is 0.260 e. The lowest BCUT2D eigenvalue weighted by Crippen LogP contribution is -2.57. The maximum absolute atomic E-state index is 15.3. The molecule has 10 heteroatoms. The fourth-order valence-electron chi connectivity index (χ4n) is 5.59. The SMILES string of the molecule is Oc1cc(-c2cnc3c(c2)OCO3)ccc1-c1ncc(N(C2CC2)[C@@H]2C[C@H]3CC[C@H](N3)[C@@H]2F)nn1. The number of aromatic nitrogens is 4. The molecular weight excluding hydrogens is 451 g/mol. The van der Waals surface area contributed by atoms with Crippen LogP contribution in [0.25, 0.3) is 22.5 Å². The zero-order chi connectivity index (χ0) is 23.5. The Morgan fingerprint density at radius 3 is 2.71 bits per heavy atom. The first kappa shape index (κ1) is 20.8. The average molecular weight is 477 g/mol. The van der Waals surface area contributed by atoms with Gasteiger partial charge in [0.25, 0.3) is 5.88 Å². The van der Waals surface area contributed by atoms with Gasteiger partial charge in [-0.05, 0) is 55.9 Å². The Hall–Kier alpha value is -3.53. The van der Waals surface area contributed by atoms with Crippen LogP contribution < -0.4 is 19.7 Å². The number of hydrogen-bond donors (Lipinski definition) is 2. The van der Waals surface area contributed by atoms with Gasteiger partial charge in [0.1, 0.15) is 11.9 Å². The molecule has 2 N–H and O–H groups in total. The fraction of sp³-hybridized carbons (Fsp3) is 0.440. The van der Waals surface area contributed by atoms with E-state index < -0.39 is 6.17 Å². The summed E-state index contributed by atoms with van der Waals surface area (Å²) in [5.74, 6) is 2.00. The number of nitrogens with zero attached hydrogens (tertiary/aromatic N) is 5. The molecule has 3 fully saturated rings. The Labute approximate surface area is 201 Å². The first-order valence-corrected chi connectivity index (χ1v) is 12.1. The van der Waals surface area contributed by atoms with Crippen LogP contribution in [-0.4, -0.2) is 62.4 Å². The molecule has 1 aromatic carbocycles. The van der Waals surface area contributed by atoms with E-state index in [1.165, 1.54) is 0 Å². The molecule has 0 radical (unpaired) electrons. The molecule has 0 unspecified atom stereocenters. The van der Waals surface area contributed by atoms with E-state index in [2.05, 4.69) is 30.4 Å². The molecule has 1 saturated carbocycles. The van der Waals surface area contributed by atoms with E-state index in [-0.39, 0.29) is 24.6 Å². The van der Waals surface area contributed by atoms with E-state index in [0.717, 1.165) is 43.2 Å². The number of halogens is 1. The van der Waals surface area contributed by atoms with Crippen molar-refractivity contribution in [3.8, 4) is 39.9 Å². The van der Waals surface area contributed by atoms with Gasteiger partial charge in [-0.25, -0.2) is 14.4 Å². The van der Waals surface area contributed by atoms with Crippen molar-refractivity contribution in [2.24, 2.45) is 0 Å². The molecule has 2 saturated heterocycles. The Morgan fingerprint density at radius 1 is 1.00 bits per heavy atom. The molecule has 3 aromatic rings. The van der Waals surface area contributed by atoms with Crippen LogP contribution in [0, 0.1) is 0 Å². The zero-order valence-corrected chi connectivity index (χ0v) is 19.0. The summed E-state index contributed by atoms with van der Waals surface area (Å²) in [4.78, 5) is 10.9. The molecule has 180 valence electrons. The minimum atomic E-state index is -0.932. The Balaban J connectivity index is 1.15. The molecule has 2 aromatic heterocycles. The number of nitrogens with one attached hydrogen (secondary N) is 1. The average Bonchev–Trinajstić information content (AvgIpc) is 3.45. The number of benzene rings is 1. The predicted molar refractivity (Wildman–Crippen MR) is 125 cm³/mol. The van der Waals surface area contributed by atoms with E-state index in [4.69, 9.17) is 9.47 Å². The molecule has 35 heavy (non-hydrogen) atoms. The minimum absolute atomic E-state index is 0.0347. The summed E-state index contributed by atoms with van der Waals surface area (Å²) in [6, 6.07) is 7.47. The Morgan fingerprint density at radius 2 is 1.91 bits per heavy atom. The van der Waals surface area contributed by atoms with E-state index in [9.17, 15) is 5.11 Å². The van der Waals surface area contributed by atoms with Crippen LogP contribution in [0.4, 0.5) is 10.2 Å². The fourth-order valence-corrected chi connectivity index (χ4v) is 5.59. The van der Waals surface area contributed by atoms with E-state index in [1.54, 1.807) is 24.5 Å². The largest absolute Gasteiger partial charge is 0.507 e. The van der Waals surface area contributed by atoms with Gasteiger partial charge >= 0.3 is 0 Å². The number of alkyl halides is 1. The number of phenolic OH excluding ortho intramolecular Hbond substituents is 1. The number of piperidine rings is 1. The number of hydrogen-bond acceptors (Lipinski definition) is 9. The first-order valence-electron chi connectivity index (χ1n) is 12.1. The Kier molecular flexibility index (Phi) is 4.76. The normalized spacial score (nSPS) is 26.7. The van der Waals surface area contributed by atoms with Crippen molar-refractivity contribution < 1.29 is 19.0 Å². The second kappa shape index (κ2) is 8.01. The highest BCUT2D eigenvalue weighted by Crippen LogP contribution is 2.40. The van der Waals surface area contributed by atoms with Crippen molar-refractivity contribution in [1.29, 1.82) is 0 Å². The zero-order valence-electron chi connectivity index (χ0n) is 19.0. The van der Waals surface area contributed by atoms with Gasteiger partial charge in [-0.3, -0.25) is 0 Å². The highest BCUT2D eigenvalue weighted by molar-refractivity contribution is 5.73. The number of fused-ring (bicyclic) bond motifs is 3. The Bertz CT molecular complexity index is 1270. The second-order valence-electron chi connectivity index (χ2n) is 9.74. The third-order valence-electron chi connectivity index (χ3n) is 7.47. The predicted octanol–water partition coefficient (Wildman–Crippen LogP) is 3.23. The molecular formula is C25H25FN6O3. The summed E-state index contributed by atoms with van der Waals surface area (Å²) in [6.07, 6.45) is 7.16. The van der Waals surface area contributed by atoms with Crippen molar-refractivity contribution in [3.05, 3.63) is 36.7 Å². The standard InChI is InChI=1S/C25H25FN6O3/c26-23-18-6-2-15(29-18)9-19(23)32(16-3-4-16)22-11-27-24(31-30-22)17-5-1-13(7-20(17)33)14-8-21-25(28-10-14)35-12-34-21/h1,5,7-8,10-11,15-16,18-19,23,29,33H,2-4,6,9,12H2/t15-,18+,19-,23+/m1/s1. The lowest BCUT2D eigenvalue weighted by Gasteiger charge is -2.40. The van der Waals surface area contributed by atoms with Crippen LogP contribution in [0.1, 0.15) is 32.1 Å². The lowest BCUT2D eigenvalue weighted by atomic mass is 9.96. The molecule has 0 amide bonds. The van der Waals surface area contributed by atoms with Gasteiger partial charge in [0.15, 0.2) is 17.4 Å². The molecule has 9 nitrogen and oxygen atoms in total. The third-order valence-corrected chi connectivity index (χ3v) is 7.47. The molecule has 2 bridgehead atoms. The smallest absolute Gasteiger partial charge is 0.260 e. The quantitative estimate of drug-likeness (QED) is 0.574. The van der Waals surface area contributed by atoms with Crippen molar-refractivity contribution in [2.75, 3.05) is 11.7 Å². The van der Waals surface area contributed by atoms with Crippen LogP contribution in [-0.2, 0) is 0 Å². The van der Waals surface area contributed by atoms with Crippen LogP contribution in [0.15, 0.2) is 36.7 Å². The van der Waals surface area contributed by atoms with Gasteiger partial charge < -0.3 is 24.8 Å². The van der Waals surface area contributed by atoms with Crippen molar-refractivity contribution in [2.45, 2.75) is 62.4 Å². The van der Waals surface area contributed by atoms with Gasteiger partial charge in [-0.15, -0.1) is 10.2 Å². The molecule has 1 aliphatic carbocycles. The number of pyridine rings is 1. The highest BCUT2D eigenvalue weighted by atomic mass is 19.1. The number of rotatable bonds is 5. The summed E-state index contributed by atoms with van der Waals surface area (Å²) in [5, 5.41) is 22.9. The van der Waals surface area contributed by atoms with E-state index in [1.807, 2.05) is 12.1 Å². The molecule has 4 aliphatic rings. The number of ether oxygens (including phenoxy) is 2. The van der Waals surface area contributed by atoms with E-state index in [0.29, 0.717) is 40.9 Å². The van der Waals surface area contributed by atoms with Crippen molar-refractivity contribution in [1.82, 2.24) is 25.5 Å². The third kappa shape index (κ3) is 3.63. The van der Waals surface area contributed by atoms with Crippen LogP contribution in [0.2, 0.25) is 0 Å². The number of aromatic hydroxyl groups is 1. The van der Waals surface area contributed by atoms with Crippen molar-refractivity contribution >= 4 is 5.82 Å². The maximum atomic E-state index is 15.3. The van der Waals surface area contributed by atoms with Crippen LogP contribution >= 0.6 is 0 Å². The minimum Gasteiger partial charge on any atom is -0.507 e. The highest BCUT2D eigenvalue weighted by Gasteiger charge is 2.48. The molecule has 4 atom stereocenters. The molecule has 3 aliphatic heterocycles. The molecule has 7 rings (SSSR count). The number of anilines is 1. The second-order valence-corrected chi connectivity index (χ2v) is 9.74. The van der Waals surface area contributed by atoms with Crippen molar-refractivity contribution in [3.63, 3.8) is 0 Å². The summed E-state index contributed by atoms with van der Waals surface area (Å²) in [6.45, 7) is 0.152. The summed E-state index contributed by atoms with van der Waals surface area (Å²) in [5.41, 5.74) is 2.04. The van der Waals surface area contributed by atoms with Gasteiger partial charge in [-0.1, -0.05) is 6.07 Å². The summed E-state index contributed by atoms with van der Waals surface area (Å²) < 4.78 is 25.9. The van der Waals surface area contributed by atoms with E-state index >= 15 is 4.39 Å². The molecule has 5 heterocycles. The number of phenols is 1. The van der Waals surface area contributed by atoms with Crippen LogP contribution in [0.3, 0.4) is 0 Å². The summed E-state index contributed by atoms with van der Waals surface area (Å²) >= 11 is 0. The van der Waals surface area contributed by atoms with Crippen LogP contribution in [0.5, 0.6) is 17.4 Å². The summed E-state index contributed by atoms with van der Waals surface area (Å²) in [7, 11) is 0. The topological polar surface area (TPSA) is 106 Å². The molecule has 0 spiro atoms. The first-order chi connectivity index (χ1) is 17.1. The lowest BCUT2D eigenvalue weighted by molar-refractivity contribution is 0.171. The monoisotopic (exact) mass is 476 g/mol. The van der Waals surface area contributed by atoms with Gasteiger partial charge in [0.2, 0.25) is 6.79 Å². The van der Waals surface area contributed by atoms with Gasteiger partial charge in [-0.2, -0.15) is 0 Å². The van der Waals surface area contributed by atoms with Gasteiger partial charge in [0.05, 0.1) is 17.8 Å². The van der Waals surface area contributed by atoms with Gasteiger partial charge in [0, 0.05) is 29.9 Å².